The van der Waals surface area contributed by atoms with Crippen molar-refractivity contribution in [3.8, 4) is 0 Å². The average molecular weight is 446 g/mol. The number of amides is 1. The number of pyridine rings is 1. The molecule has 1 unspecified atom stereocenters. The van der Waals surface area contributed by atoms with Gasteiger partial charge in [0.25, 0.3) is 5.91 Å². The monoisotopic (exact) mass is 445 g/mol. The standard InChI is InChI=1S/C27H31N3O3/c1-5-14-30-15-13-23-21(16-30)24(20-11-6-7-12-22(20)28-23)27(32)33-19(4)26(31)29-25-17(2)9-8-10-18(25)3/h6-12,19H,5,13-16H2,1-4H3,(H,29,31). The van der Waals surface area contributed by atoms with Crippen LogP contribution in [0.4, 0.5) is 5.69 Å². The van der Waals surface area contributed by atoms with Crippen LogP contribution in [0.25, 0.3) is 10.9 Å². The van der Waals surface area contributed by atoms with E-state index in [1.165, 1.54) is 0 Å². The topological polar surface area (TPSA) is 71.5 Å². The van der Waals surface area contributed by atoms with Crippen LogP contribution in [0.3, 0.4) is 0 Å². The molecule has 2 aromatic carbocycles. The number of hydrogen-bond donors (Lipinski definition) is 1. The van der Waals surface area contributed by atoms with Crippen LogP contribution in [0.5, 0.6) is 0 Å². The molecule has 0 aliphatic carbocycles. The first-order chi connectivity index (χ1) is 15.9. The number of nitrogens with one attached hydrogen (secondary N) is 1. The van der Waals surface area contributed by atoms with Crippen LogP contribution >= 0.6 is 0 Å². The predicted molar refractivity (Wildman–Crippen MR) is 130 cm³/mol. The molecule has 6 heteroatoms. The molecular weight excluding hydrogens is 414 g/mol. The smallest absolute Gasteiger partial charge is 0.339 e. The van der Waals surface area contributed by atoms with Crippen molar-refractivity contribution in [1.29, 1.82) is 0 Å². The number of aryl methyl sites for hydroxylation is 2. The molecule has 6 nitrogen and oxygen atoms in total. The van der Waals surface area contributed by atoms with Gasteiger partial charge < -0.3 is 10.1 Å². The third-order valence-electron chi connectivity index (χ3n) is 6.25. The van der Waals surface area contributed by atoms with Gasteiger partial charge in [0.15, 0.2) is 6.10 Å². The number of aromatic nitrogens is 1. The Morgan fingerprint density at radius 3 is 2.58 bits per heavy atom. The van der Waals surface area contributed by atoms with E-state index in [0.29, 0.717) is 12.1 Å². The number of esters is 1. The number of carbonyl (C=O) groups excluding carboxylic acids is 2. The third-order valence-corrected chi connectivity index (χ3v) is 6.25. The van der Waals surface area contributed by atoms with Crippen molar-refractivity contribution < 1.29 is 14.3 Å². The van der Waals surface area contributed by atoms with Crippen molar-refractivity contribution in [3.63, 3.8) is 0 Å². The molecule has 4 rings (SSSR count). The number of ether oxygens (including phenoxy) is 1. The fourth-order valence-corrected chi connectivity index (χ4v) is 4.50. The summed E-state index contributed by atoms with van der Waals surface area (Å²) < 4.78 is 5.72. The fourth-order valence-electron chi connectivity index (χ4n) is 4.50. The van der Waals surface area contributed by atoms with E-state index in [-0.39, 0.29) is 5.91 Å². The van der Waals surface area contributed by atoms with Gasteiger partial charge in [0.1, 0.15) is 0 Å². The second-order valence-electron chi connectivity index (χ2n) is 8.76. The lowest BCUT2D eigenvalue weighted by atomic mass is 9.95. The summed E-state index contributed by atoms with van der Waals surface area (Å²) in [7, 11) is 0. The molecule has 0 saturated heterocycles. The van der Waals surface area contributed by atoms with Gasteiger partial charge in [-0.15, -0.1) is 0 Å². The zero-order valence-corrected chi connectivity index (χ0v) is 19.8. The molecule has 0 saturated carbocycles. The summed E-state index contributed by atoms with van der Waals surface area (Å²) in [5, 5.41) is 3.69. The average Bonchev–Trinajstić information content (AvgIpc) is 2.80. The van der Waals surface area contributed by atoms with Gasteiger partial charge in [-0.05, 0) is 50.9 Å². The van der Waals surface area contributed by atoms with E-state index in [0.717, 1.165) is 64.9 Å². The number of hydrogen-bond acceptors (Lipinski definition) is 5. The second-order valence-corrected chi connectivity index (χ2v) is 8.76. The maximum Gasteiger partial charge on any atom is 0.339 e. The highest BCUT2D eigenvalue weighted by atomic mass is 16.5. The first-order valence-corrected chi connectivity index (χ1v) is 11.6. The Morgan fingerprint density at radius 1 is 1.12 bits per heavy atom. The molecule has 0 bridgehead atoms. The maximum absolute atomic E-state index is 13.4. The molecule has 0 radical (unpaired) electrons. The predicted octanol–water partition coefficient (Wildman–Crippen LogP) is 4.80. The first-order valence-electron chi connectivity index (χ1n) is 11.6. The molecule has 33 heavy (non-hydrogen) atoms. The summed E-state index contributed by atoms with van der Waals surface area (Å²) >= 11 is 0. The number of para-hydroxylation sites is 2. The van der Waals surface area contributed by atoms with Gasteiger partial charge >= 0.3 is 5.97 Å². The first kappa shape index (κ1) is 22.9. The number of fused-ring (bicyclic) bond motifs is 2. The van der Waals surface area contributed by atoms with Crippen molar-refractivity contribution in [2.45, 2.75) is 53.2 Å². The van der Waals surface area contributed by atoms with Crippen LogP contribution in [0.15, 0.2) is 42.5 Å². The Labute approximate surface area is 195 Å². The van der Waals surface area contributed by atoms with E-state index in [1.54, 1.807) is 6.92 Å². The zero-order valence-electron chi connectivity index (χ0n) is 19.8. The van der Waals surface area contributed by atoms with Crippen LogP contribution in [0, 0.1) is 13.8 Å². The molecule has 1 N–H and O–H groups in total. The molecule has 1 aromatic heterocycles. The SMILES string of the molecule is CCCN1CCc2nc3ccccc3c(C(=O)OC(C)C(=O)Nc3c(C)cccc3C)c2C1. The lowest BCUT2D eigenvalue weighted by Crippen LogP contribution is -2.34. The molecule has 1 aliphatic heterocycles. The van der Waals surface area contributed by atoms with E-state index >= 15 is 0 Å². The highest BCUT2D eigenvalue weighted by Gasteiger charge is 2.28. The lowest BCUT2D eigenvalue weighted by Gasteiger charge is -2.29. The minimum absolute atomic E-state index is 0.347. The molecule has 1 aliphatic rings. The Kier molecular flexibility index (Phi) is 6.75. The Bertz CT molecular complexity index is 1180. The fraction of sp³-hybridized carbons (Fsp3) is 0.370. The molecule has 3 aromatic rings. The van der Waals surface area contributed by atoms with Gasteiger partial charge in [0.05, 0.1) is 11.1 Å². The second kappa shape index (κ2) is 9.71. The molecule has 2 heterocycles. The molecule has 0 spiro atoms. The van der Waals surface area contributed by atoms with Gasteiger partial charge in [0, 0.05) is 41.8 Å². The summed E-state index contributed by atoms with van der Waals surface area (Å²) in [6.45, 7) is 10.2. The third kappa shape index (κ3) is 4.76. The van der Waals surface area contributed by atoms with Crippen LogP contribution in [-0.2, 0) is 22.5 Å². The highest BCUT2D eigenvalue weighted by Crippen LogP contribution is 2.29. The highest BCUT2D eigenvalue weighted by molar-refractivity contribution is 6.06. The van der Waals surface area contributed by atoms with Crippen LogP contribution in [0.2, 0.25) is 0 Å². The van der Waals surface area contributed by atoms with E-state index in [4.69, 9.17) is 9.72 Å². The van der Waals surface area contributed by atoms with Crippen molar-refractivity contribution in [3.05, 3.63) is 70.4 Å². The molecular formula is C27H31N3O3. The Hall–Kier alpha value is -3.25. The van der Waals surface area contributed by atoms with Gasteiger partial charge in [0.2, 0.25) is 0 Å². The molecule has 0 fully saturated rings. The Balaban J connectivity index is 1.62. The van der Waals surface area contributed by atoms with Crippen LogP contribution in [0.1, 0.15) is 53.0 Å². The normalized spacial score (nSPS) is 14.5. The van der Waals surface area contributed by atoms with Crippen LogP contribution < -0.4 is 5.32 Å². The summed E-state index contributed by atoms with van der Waals surface area (Å²) in [6, 6.07) is 13.5. The van der Waals surface area contributed by atoms with Crippen molar-refractivity contribution >= 4 is 28.5 Å². The quantitative estimate of drug-likeness (QED) is 0.552. The summed E-state index contributed by atoms with van der Waals surface area (Å²) in [4.78, 5) is 33.5. The summed E-state index contributed by atoms with van der Waals surface area (Å²) in [6.07, 6.45) is 0.906. The largest absolute Gasteiger partial charge is 0.449 e. The van der Waals surface area contributed by atoms with E-state index in [1.807, 2.05) is 56.3 Å². The van der Waals surface area contributed by atoms with Crippen molar-refractivity contribution in [1.82, 2.24) is 9.88 Å². The Morgan fingerprint density at radius 2 is 1.85 bits per heavy atom. The minimum atomic E-state index is -0.936. The summed E-state index contributed by atoms with van der Waals surface area (Å²) in [5.74, 6) is -0.826. The maximum atomic E-state index is 13.4. The van der Waals surface area contributed by atoms with E-state index < -0.39 is 12.1 Å². The molecule has 1 amide bonds. The van der Waals surface area contributed by atoms with Crippen LogP contribution in [-0.4, -0.2) is 41.0 Å². The van der Waals surface area contributed by atoms with Crippen molar-refractivity contribution in [2.75, 3.05) is 18.4 Å². The minimum Gasteiger partial charge on any atom is -0.449 e. The number of benzene rings is 2. The van der Waals surface area contributed by atoms with E-state index in [2.05, 4.69) is 17.1 Å². The number of anilines is 1. The van der Waals surface area contributed by atoms with E-state index in [9.17, 15) is 9.59 Å². The van der Waals surface area contributed by atoms with Gasteiger partial charge in [-0.1, -0.05) is 43.3 Å². The van der Waals surface area contributed by atoms with Gasteiger partial charge in [-0.25, -0.2) is 4.79 Å². The van der Waals surface area contributed by atoms with Crippen molar-refractivity contribution in [2.24, 2.45) is 0 Å². The number of rotatable bonds is 6. The molecule has 172 valence electrons. The zero-order chi connectivity index (χ0) is 23.5. The lowest BCUT2D eigenvalue weighted by molar-refractivity contribution is -0.123. The molecule has 1 atom stereocenters. The summed E-state index contributed by atoms with van der Waals surface area (Å²) in [5.41, 5.74) is 5.86. The number of nitrogens with zero attached hydrogens (tertiary/aromatic N) is 2. The van der Waals surface area contributed by atoms with Gasteiger partial charge in [-0.3, -0.25) is 14.7 Å². The number of carbonyl (C=O) groups is 2. The van der Waals surface area contributed by atoms with Gasteiger partial charge in [-0.2, -0.15) is 0 Å².